The largest absolute Gasteiger partial charge is 0.481 e. The molecule has 0 saturated carbocycles. The summed E-state index contributed by atoms with van der Waals surface area (Å²) < 4.78 is 4.51. The van der Waals surface area contributed by atoms with Gasteiger partial charge in [0.2, 0.25) is 0 Å². The number of esters is 1. The first-order valence-electron chi connectivity index (χ1n) is 6.38. The van der Waals surface area contributed by atoms with Crippen molar-refractivity contribution in [3.63, 3.8) is 0 Å². The van der Waals surface area contributed by atoms with E-state index in [0.29, 0.717) is 0 Å². The van der Waals surface area contributed by atoms with Gasteiger partial charge in [-0.2, -0.15) is 0 Å². The molecule has 0 aliphatic carbocycles. The highest BCUT2D eigenvalue weighted by molar-refractivity contribution is 7.99. The van der Waals surface area contributed by atoms with Crippen LogP contribution in [0.5, 0.6) is 0 Å². The molecule has 1 N–H and O–H groups in total. The number of fused-ring (bicyclic) bond motifs is 1. The number of hydrogen-bond acceptors (Lipinski definition) is 5. The molecule has 1 aromatic carbocycles. The average Bonchev–Trinajstić information content (AvgIpc) is 2.50. The Labute approximate surface area is 126 Å². The van der Waals surface area contributed by atoms with Crippen LogP contribution in [0.15, 0.2) is 41.4 Å². The zero-order valence-electron chi connectivity index (χ0n) is 11.5. The second-order valence-electron chi connectivity index (χ2n) is 4.47. The molecule has 110 valence electrons. The number of carboxylic acids is 1. The van der Waals surface area contributed by atoms with Crippen LogP contribution in [0, 0.1) is 5.92 Å². The highest BCUT2D eigenvalue weighted by Gasteiger charge is 2.22. The number of hydrogen-bond donors (Lipinski definition) is 1. The predicted molar refractivity (Wildman–Crippen MR) is 80.2 cm³/mol. The molecule has 1 aromatic heterocycles. The second-order valence-corrected chi connectivity index (χ2v) is 5.51. The minimum atomic E-state index is -1.01. The van der Waals surface area contributed by atoms with E-state index in [-0.39, 0.29) is 12.2 Å². The first-order chi connectivity index (χ1) is 10.1. The van der Waals surface area contributed by atoms with Gasteiger partial charge in [0.1, 0.15) is 0 Å². The molecular weight excluding hydrogens is 290 g/mol. The van der Waals surface area contributed by atoms with Gasteiger partial charge in [-0.1, -0.05) is 24.3 Å². The Bertz CT molecular complexity index is 659. The van der Waals surface area contributed by atoms with Crippen molar-refractivity contribution in [3.8, 4) is 0 Å². The Balaban J connectivity index is 2.04. The molecule has 1 heterocycles. The number of aromatic nitrogens is 1. The summed E-state index contributed by atoms with van der Waals surface area (Å²) in [7, 11) is 1.25. The lowest BCUT2D eigenvalue weighted by Crippen LogP contribution is -2.21. The molecule has 2 rings (SSSR count). The molecular formula is C15H15NO4S. The van der Waals surface area contributed by atoms with Crippen molar-refractivity contribution in [2.24, 2.45) is 5.92 Å². The van der Waals surface area contributed by atoms with Gasteiger partial charge in [0.25, 0.3) is 0 Å². The third-order valence-corrected chi connectivity index (χ3v) is 4.09. The third-order valence-electron chi connectivity index (χ3n) is 3.00. The summed E-state index contributed by atoms with van der Waals surface area (Å²) in [4.78, 5) is 26.8. The topological polar surface area (TPSA) is 76.5 Å². The number of para-hydroxylation sites is 1. The molecule has 2 aromatic rings. The zero-order chi connectivity index (χ0) is 15.2. The van der Waals surface area contributed by atoms with Crippen molar-refractivity contribution in [1.29, 1.82) is 0 Å². The van der Waals surface area contributed by atoms with Gasteiger partial charge in [0, 0.05) is 11.1 Å². The maximum atomic E-state index is 11.2. The molecule has 0 radical (unpaired) electrons. The normalized spacial score (nSPS) is 12.0. The van der Waals surface area contributed by atoms with E-state index in [2.05, 4.69) is 9.72 Å². The van der Waals surface area contributed by atoms with Gasteiger partial charge in [-0.15, -0.1) is 11.8 Å². The lowest BCUT2D eigenvalue weighted by Gasteiger charge is -2.10. The fourth-order valence-electron chi connectivity index (χ4n) is 1.82. The number of pyridine rings is 1. The van der Waals surface area contributed by atoms with E-state index in [0.717, 1.165) is 15.9 Å². The average molecular weight is 305 g/mol. The molecule has 0 saturated heterocycles. The van der Waals surface area contributed by atoms with Gasteiger partial charge in [-0.05, 0) is 12.1 Å². The Kier molecular flexibility index (Phi) is 5.16. The Morgan fingerprint density at radius 3 is 2.76 bits per heavy atom. The molecule has 21 heavy (non-hydrogen) atoms. The quantitative estimate of drug-likeness (QED) is 0.653. The number of thioether (sulfide) groups is 1. The number of carboxylic acid groups (broad SMARTS) is 1. The summed E-state index contributed by atoms with van der Waals surface area (Å²) in [6, 6.07) is 11.5. The maximum absolute atomic E-state index is 11.2. The van der Waals surface area contributed by atoms with E-state index in [1.807, 2.05) is 36.4 Å². The van der Waals surface area contributed by atoms with Crippen LogP contribution in [0.4, 0.5) is 0 Å². The number of benzene rings is 1. The molecule has 1 unspecified atom stereocenters. The number of rotatable bonds is 6. The standard InChI is InChI=1S/C15H15NO4S/c1-20-14(17)8-11(15(18)19)9-21-13-7-6-10-4-2-3-5-12(10)16-13/h2-7,11H,8-9H2,1H3,(H,18,19). The van der Waals surface area contributed by atoms with Gasteiger partial charge in [-0.25, -0.2) is 4.98 Å². The van der Waals surface area contributed by atoms with Gasteiger partial charge in [0.05, 0.1) is 30.0 Å². The lowest BCUT2D eigenvalue weighted by atomic mass is 10.1. The van der Waals surface area contributed by atoms with Crippen LogP contribution in [0.25, 0.3) is 10.9 Å². The summed E-state index contributed by atoms with van der Waals surface area (Å²) in [5.74, 6) is -2.03. The van der Waals surface area contributed by atoms with Crippen molar-refractivity contribution < 1.29 is 19.4 Å². The molecule has 0 spiro atoms. The van der Waals surface area contributed by atoms with Gasteiger partial charge < -0.3 is 9.84 Å². The molecule has 6 heteroatoms. The van der Waals surface area contributed by atoms with Crippen LogP contribution in [0.2, 0.25) is 0 Å². The van der Waals surface area contributed by atoms with Crippen LogP contribution in [-0.4, -0.2) is 34.9 Å². The molecule has 0 aliphatic heterocycles. The molecule has 1 atom stereocenters. The highest BCUT2D eigenvalue weighted by atomic mass is 32.2. The lowest BCUT2D eigenvalue weighted by molar-refractivity contribution is -0.149. The zero-order valence-corrected chi connectivity index (χ0v) is 12.3. The van der Waals surface area contributed by atoms with Crippen LogP contribution < -0.4 is 0 Å². The number of methoxy groups -OCH3 is 1. The van der Waals surface area contributed by atoms with Crippen molar-refractivity contribution in [1.82, 2.24) is 4.98 Å². The number of carbonyl (C=O) groups excluding carboxylic acids is 1. The molecule has 0 fully saturated rings. The first kappa shape index (κ1) is 15.3. The van der Waals surface area contributed by atoms with E-state index in [9.17, 15) is 9.59 Å². The summed E-state index contributed by atoms with van der Waals surface area (Å²) >= 11 is 1.32. The maximum Gasteiger partial charge on any atom is 0.307 e. The smallest absolute Gasteiger partial charge is 0.307 e. The van der Waals surface area contributed by atoms with Crippen molar-refractivity contribution in [2.75, 3.05) is 12.9 Å². The van der Waals surface area contributed by atoms with Crippen LogP contribution >= 0.6 is 11.8 Å². The van der Waals surface area contributed by atoms with Gasteiger partial charge in [-0.3, -0.25) is 9.59 Å². The van der Waals surface area contributed by atoms with Crippen LogP contribution in [0.1, 0.15) is 6.42 Å². The SMILES string of the molecule is COC(=O)CC(CSc1ccc2ccccc2n1)C(=O)O. The van der Waals surface area contributed by atoms with E-state index in [4.69, 9.17) is 5.11 Å². The number of aliphatic carboxylic acids is 1. The summed E-state index contributed by atoms with van der Waals surface area (Å²) in [6.07, 6.45) is -0.133. The van der Waals surface area contributed by atoms with Crippen LogP contribution in [0.3, 0.4) is 0 Å². The van der Waals surface area contributed by atoms with Gasteiger partial charge >= 0.3 is 11.9 Å². The minimum absolute atomic E-state index is 0.133. The molecule has 0 aliphatic rings. The second kappa shape index (κ2) is 7.08. The van der Waals surface area contributed by atoms with Gasteiger partial charge in [0.15, 0.2) is 0 Å². The van der Waals surface area contributed by atoms with E-state index >= 15 is 0 Å². The summed E-state index contributed by atoms with van der Waals surface area (Å²) in [5, 5.41) is 10.9. The van der Waals surface area contributed by atoms with E-state index < -0.39 is 17.9 Å². The summed E-state index contributed by atoms with van der Waals surface area (Å²) in [5.41, 5.74) is 0.863. The predicted octanol–water partition coefficient (Wildman–Crippen LogP) is 2.59. The number of ether oxygens (including phenoxy) is 1. The fraction of sp³-hybridized carbons (Fsp3) is 0.267. The Hall–Kier alpha value is -2.08. The number of carbonyl (C=O) groups is 2. The van der Waals surface area contributed by atoms with E-state index in [1.54, 1.807) is 0 Å². The minimum Gasteiger partial charge on any atom is -0.481 e. The van der Waals surface area contributed by atoms with Crippen molar-refractivity contribution >= 4 is 34.6 Å². The molecule has 0 amide bonds. The van der Waals surface area contributed by atoms with Crippen molar-refractivity contribution in [2.45, 2.75) is 11.4 Å². The Morgan fingerprint density at radius 2 is 2.05 bits per heavy atom. The summed E-state index contributed by atoms with van der Waals surface area (Å²) in [6.45, 7) is 0. The highest BCUT2D eigenvalue weighted by Crippen LogP contribution is 2.23. The Morgan fingerprint density at radius 1 is 1.29 bits per heavy atom. The molecule has 0 bridgehead atoms. The fourth-order valence-corrected chi connectivity index (χ4v) is 2.78. The number of nitrogens with zero attached hydrogens (tertiary/aromatic N) is 1. The molecule has 5 nitrogen and oxygen atoms in total. The van der Waals surface area contributed by atoms with Crippen molar-refractivity contribution in [3.05, 3.63) is 36.4 Å². The van der Waals surface area contributed by atoms with E-state index in [1.165, 1.54) is 18.9 Å². The monoisotopic (exact) mass is 305 g/mol. The van der Waals surface area contributed by atoms with Crippen LogP contribution in [-0.2, 0) is 14.3 Å². The first-order valence-corrected chi connectivity index (χ1v) is 7.37. The third kappa shape index (κ3) is 4.19.